The molecule has 4 rings (SSSR count). The Balaban J connectivity index is 1.74. The van der Waals surface area contributed by atoms with Gasteiger partial charge in [0.25, 0.3) is 0 Å². The summed E-state index contributed by atoms with van der Waals surface area (Å²) in [7, 11) is 2.80. The minimum absolute atomic E-state index is 0.245. The molecule has 0 bridgehead atoms. The summed E-state index contributed by atoms with van der Waals surface area (Å²) in [6.45, 7) is 0. The molecule has 3 aromatic carbocycles. The molecule has 230 valence electrons. The first-order valence-corrected chi connectivity index (χ1v) is 12.9. The smallest absolute Gasteiger partial charge is 0.491 e. The molecule has 0 saturated heterocycles. The van der Waals surface area contributed by atoms with Gasteiger partial charge in [-0.1, -0.05) is 30.3 Å². The first-order chi connectivity index (χ1) is 20.9. The van der Waals surface area contributed by atoms with E-state index in [-0.39, 0.29) is 16.9 Å². The Morgan fingerprint density at radius 2 is 1.68 bits per heavy atom. The van der Waals surface area contributed by atoms with Crippen LogP contribution in [-0.2, 0) is 19.1 Å². The van der Waals surface area contributed by atoms with Crippen LogP contribution < -0.4 is 25.6 Å². The van der Waals surface area contributed by atoms with E-state index < -0.39 is 48.3 Å². The van der Waals surface area contributed by atoms with Crippen molar-refractivity contribution in [3.8, 4) is 11.5 Å². The quantitative estimate of drug-likeness (QED) is 0.0858. The van der Waals surface area contributed by atoms with Gasteiger partial charge in [-0.25, -0.2) is 15.0 Å². The van der Waals surface area contributed by atoms with Crippen molar-refractivity contribution in [2.45, 2.75) is 24.7 Å². The van der Waals surface area contributed by atoms with Crippen LogP contribution >= 0.6 is 0 Å². The number of hydrogen-bond acceptors (Lipinski definition) is 9. The van der Waals surface area contributed by atoms with Crippen LogP contribution in [0.3, 0.4) is 0 Å². The van der Waals surface area contributed by atoms with E-state index in [1.165, 1.54) is 50.6 Å². The molecule has 3 N–H and O–H groups in total. The Morgan fingerprint density at radius 3 is 2.36 bits per heavy atom. The van der Waals surface area contributed by atoms with Crippen molar-refractivity contribution in [2.75, 3.05) is 19.2 Å². The highest BCUT2D eigenvalue weighted by molar-refractivity contribution is 5.91. The first kappa shape index (κ1) is 31.7. The van der Waals surface area contributed by atoms with Gasteiger partial charge in [0.05, 0.1) is 32.4 Å². The standard InChI is InChI=1S/C30H26F4N4O6/c1-42-24-10-8-18(14-25(24)43-2)27(38(35)20-9-7-19-16-36-12-11-17(19)13-20)28(40)37-23(21-5-3-4-6-22(21)31)15-26(39)44-29(41)30(32,33)34/h3-14,16,23,27H,15,35H2,1-2H3,(H,37,40)/t23-,27?/m1/s1. The lowest BCUT2D eigenvalue weighted by atomic mass is 9.99. The van der Waals surface area contributed by atoms with Gasteiger partial charge in [0.15, 0.2) is 11.5 Å². The van der Waals surface area contributed by atoms with Crippen LogP contribution in [0.2, 0.25) is 0 Å². The third-order valence-corrected chi connectivity index (χ3v) is 6.58. The maximum absolute atomic E-state index is 14.8. The molecule has 0 saturated carbocycles. The summed E-state index contributed by atoms with van der Waals surface area (Å²) >= 11 is 0. The Kier molecular flexibility index (Phi) is 9.63. The zero-order valence-corrected chi connectivity index (χ0v) is 23.3. The van der Waals surface area contributed by atoms with Crippen LogP contribution in [-0.4, -0.2) is 43.2 Å². The number of esters is 2. The number of carbonyl (C=O) groups excluding carboxylic acids is 3. The monoisotopic (exact) mass is 614 g/mol. The van der Waals surface area contributed by atoms with Crippen LogP contribution in [0.15, 0.2) is 79.1 Å². The summed E-state index contributed by atoms with van der Waals surface area (Å²) in [6, 6.07) is 13.4. The molecule has 0 aliphatic rings. The van der Waals surface area contributed by atoms with Gasteiger partial charge in [-0.15, -0.1) is 0 Å². The molecule has 0 fully saturated rings. The number of aromatic nitrogens is 1. The van der Waals surface area contributed by atoms with Gasteiger partial charge < -0.3 is 19.5 Å². The van der Waals surface area contributed by atoms with E-state index in [2.05, 4.69) is 15.0 Å². The van der Waals surface area contributed by atoms with E-state index >= 15 is 0 Å². The highest BCUT2D eigenvalue weighted by atomic mass is 19.4. The molecular formula is C30H26F4N4O6. The number of alkyl halides is 3. The number of nitrogens with zero attached hydrogens (tertiary/aromatic N) is 2. The van der Waals surface area contributed by atoms with Crippen molar-refractivity contribution in [1.82, 2.24) is 10.3 Å². The minimum Gasteiger partial charge on any atom is -0.493 e. The fourth-order valence-corrected chi connectivity index (χ4v) is 4.46. The lowest BCUT2D eigenvalue weighted by Gasteiger charge is -2.31. The number of halogens is 4. The maximum Gasteiger partial charge on any atom is 0.491 e. The third-order valence-electron chi connectivity index (χ3n) is 6.58. The predicted molar refractivity (Wildman–Crippen MR) is 150 cm³/mol. The largest absolute Gasteiger partial charge is 0.493 e. The van der Waals surface area contributed by atoms with Gasteiger partial charge in [-0.05, 0) is 47.3 Å². The summed E-state index contributed by atoms with van der Waals surface area (Å²) in [4.78, 5) is 41.7. The predicted octanol–water partition coefficient (Wildman–Crippen LogP) is 4.69. The molecular weight excluding hydrogens is 588 g/mol. The van der Waals surface area contributed by atoms with Gasteiger partial charge >= 0.3 is 18.1 Å². The average Bonchev–Trinajstić information content (AvgIpc) is 3.00. The Bertz CT molecular complexity index is 1680. The average molecular weight is 615 g/mol. The highest BCUT2D eigenvalue weighted by Gasteiger charge is 2.43. The number of rotatable bonds is 10. The number of amides is 1. The molecule has 4 aromatic rings. The lowest BCUT2D eigenvalue weighted by molar-refractivity contribution is -0.202. The number of hydrogen-bond donors (Lipinski definition) is 2. The van der Waals surface area contributed by atoms with Crippen LogP contribution in [0.4, 0.5) is 23.2 Å². The minimum atomic E-state index is -5.44. The molecule has 0 aliphatic heterocycles. The van der Waals surface area contributed by atoms with Crippen molar-refractivity contribution >= 4 is 34.3 Å². The molecule has 0 radical (unpaired) electrons. The second-order valence-electron chi connectivity index (χ2n) is 9.38. The van der Waals surface area contributed by atoms with Crippen LogP contribution in [0.1, 0.15) is 29.6 Å². The summed E-state index contributed by atoms with van der Waals surface area (Å²) in [5.41, 5.74) is 0.404. The first-order valence-electron chi connectivity index (χ1n) is 12.9. The number of anilines is 1. The molecule has 1 heterocycles. The molecule has 14 heteroatoms. The molecule has 1 unspecified atom stereocenters. The number of methoxy groups -OCH3 is 2. The number of ether oxygens (including phenoxy) is 3. The van der Waals surface area contributed by atoms with Gasteiger partial charge in [0.1, 0.15) is 11.9 Å². The number of nitrogens with one attached hydrogen (secondary N) is 1. The van der Waals surface area contributed by atoms with Crippen molar-refractivity contribution in [2.24, 2.45) is 5.84 Å². The number of benzene rings is 3. The summed E-state index contributed by atoms with van der Waals surface area (Å²) in [5.74, 6) is 0.993. The normalized spacial score (nSPS) is 12.6. The van der Waals surface area contributed by atoms with E-state index in [1.807, 2.05) is 0 Å². The summed E-state index contributed by atoms with van der Waals surface area (Å²) < 4.78 is 67.5. The molecule has 0 aliphatic carbocycles. The van der Waals surface area contributed by atoms with E-state index in [9.17, 15) is 31.9 Å². The zero-order chi connectivity index (χ0) is 32.0. The van der Waals surface area contributed by atoms with Gasteiger partial charge in [-0.3, -0.25) is 19.6 Å². The van der Waals surface area contributed by atoms with E-state index in [0.29, 0.717) is 11.4 Å². The molecule has 1 aromatic heterocycles. The number of fused-ring (bicyclic) bond motifs is 1. The van der Waals surface area contributed by atoms with Crippen LogP contribution in [0.5, 0.6) is 11.5 Å². The fourth-order valence-electron chi connectivity index (χ4n) is 4.46. The number of carbonyl (C=O) groups is 3. The van der Waals surface area contributed by atoms with Crippen molar-refractivity contribution in [3.05, 3.63) is 96.1 Å². The zero-order valence-electron chi connectivity index (χ0n) is 23.3. The lowest BCUT2D eigenvalue weighted by Crippen LogP contribution is -2.46. The molecule has 1 amide bonds. The highest BCUT2D eigenvalue weighted by Crippen LogP contribution is 2.34. The van der Waals surface area contributed by atoms with Crippen molar-refractivity contribution in [3.63, 3.8) is 0 Å². The Morgan fingerprint density at radius 1 is 0.955 bits per heavy atom. The van der Waals surface area contributed by atoms with E-state index in [0.717, 1.165) is 21.8 Å². The van der Waals surface area contributed by atoms with E-state index in [1.54, 1.807) is 36.7 Å². The van der Waals surface area contributed by atoms with Crippen molar-refractivity contribution in [1.29, 1.82) is 0 Å². The number of hydrazine groups is 1. The van der Waals surface area contributed by atoms with E-state index in [4.69, 9.17) is 15.3 Å². The summed E-state index contributed by atoms with van der Waals surface area (Å²) in [6.07, 6.45) is -3.24. The Labute approximate surface area is 248 Å². The molecule has 2 atom stereocenters. The van der Waals surface area contributed by atoms with Gasteiger partial charge in [-0.2, -0.15) is 13.2 Å². The SMILES string of the molecule is COc1ccc(C(C(=O)N[C@H](CC(=O)OC(=O)C(F)(F)F)c2ccccc2F)N(N)c2ccc3cnccc3c2)cc1OC. The second-order valence-corrected chi connectivity index (χ2v) is 9.38. The Hall–Kier alpha value is -5.24. The number of nitrogens with two attached hydrogens (primary N) is 1. The van der Waals surface area contributed by atoms with Gasteiger partial charge in [0, 0.05) is 23.3 Å². The second kappa shape index (κ2) is 13.4. The number of pyridine rings is 1. The van der Waals surface area contributed by atoms with Crippen LogP contribution in [0.25, 0.3) is 10.8 Å². The molecule has 0 spiro atoms. The van der Waals surface area contributed by atoms with Crippen molar-refractivity contribution < 1.29 is 46.2 Å². The molecule has 10 nitrogen and oxygen atoms in total. The summed E-state index contributed by atoms with van der Waals surface area (Å²) in [5, 5.41) is 5.16. The topological polar surface area (TPSA) is 133 Å². The fraction of sp³-hybridized carbons (Fsp3) is 0.200. The maximum atomic E-state index is 14.8. The van der Waals surface area contributed by atoms with Gasteiger partial charge in [0.2, 0.25) is 5.91 Å². The van der Waals surface area contributed by atoms with Crippen LogP contribution in [0, 0.1) is 5.82 Å². The molecule has 44 heavy (non-hydrogen) atoms. The third kappa shape index (κ3) is 7.21.